The quantitative estimate of drug-likeness (QED) is 0.879. The summed E-state index contributed by atoms with van der Waals surface area (Å²) in [6.45, 7) is 2.02. The summed E-state index contributed by atoms with van der Waals surface area (Å²) in [5.74, 6) is -0.989. The van der Waals surface area contributed by atoms with Gasteiger partial charge in [0.25, 0.3) is 0 Å². The van der Waals surface area contributed by atoms with Gasteiger partial charge in [-0.1, -0.05) is 6.92 Å². The van der Waals surface area contributed by atoms with Gasteiger partial charge in [-0.15, -0.1) is 11.3 Å². The number of halogens is 1. The van der Waals surface area contributed by atoms with Crippen molar-refractivity contribution >= 4 is 33.2 Å². The summed E-state index contributed by atoms with van der Waals surface area (Å²) in [6, 6.07) is 0.879. The average molecular weight is 264 g/mol. The minimum atomic E-state index is -0.989. The molecule has 1 rings (SSSR count). The first kappa shape index (κ1) is 10.7. The van der Waals surface area contributed by atoms with Crippen molar-refractivity contribution in [2.24, 2.45) is 5.73 Å². The summed E-state index contributed by atoms with van der Waals surface area (Å²) < 4.78 is 0.951. The summed E-state index contributed by atoms with van der Waals surface area (Å²) in [5.41, 5.74) is 5.46. The molecule has 13 heavy (non-hydrogen) atoms. The van der Waals surface area contributed by atoms with Gasteiger partial charge in [-0.2, -0.15) is 0 Å². The smallest absolute Gasteiger partial charge is 0.325 e. The van der Waals surface area contributed by atoms with E-state index in [1.165, 1.54) is 11.3 Å². The normalized spacial score (nSPS) is 12.8. The highest BCUT2D eigenvalue weighted by Crippen LogP contribution is 2.30. The molecular formula is C8H10BrNO2S. The molecule has 0 amide bonds. The van der Waals surface area contributed by atoms with Gasteiger partial charge in [0.15, 0.2) is 0 Å². The fraction of sp³-hybridized carbons (Fsp3) is 0.375. The van der Waals surface area contributed by atoms with Gasteiger partial charge >= 0.3 is 5.97 Å². The van der Waals surface area contributed by atoms with E-state index in [0.717, 1.165) is 15.8 Å². The second-order valence-electron chi connectivity index (χ2n) is 2.59. The molecule has 5 heteroatoms. The van der Waals surface area contributed by atoms with Crippen LogP contribution in [0.25, 0.3) is 0 Å². The van der Waals surface area contributed by atoms with E-state index in [4.69, 9.17) is 10.8 Å². The van der Waals surface area contributed by atoms with E-state index < -0.39 is 12.0 Å². The summed E-state index contributed by atoms with van der Waals surface area (Å²) in [7, 11) is 0. The van der Waals surface area contributed by atoms with Crippen LogP contribution < -0.4 is 5.73 Å². The largest absolute Gasteiger partial charge is 0.480 e. The van der Waals surface area contributed by atoms with Gasteiger partial charge in [0.2, 0.25) is 0 Å². The Morgan fingerprint density at radius 3 is 2.85 bits per heavy atom. The van der Waals surface area contributed by atoms with Gasteiger partial charge in [-0.05, 0) is 28.4 Å². The third-order valence-electron chi connectivity index (χ3n) is 1.67. The van der Waals surface area contributed by atoms with Gasteiger partial charge in [-0.3, -0.25) is 4.79 Å². The standard InChI is InChI=1S/C8H10BrNO2S/c1-2-5-4(9)3-6(13-5)7(10)8(11)12/h3,7H,2,10H2,1H3,(H,11,12). The average Bonchev–Trinajstić information content (AvgIpc) is 2.45. The third kappa shape index (κ3) is 2.30. The van der Waals surface area contributed by atoms with E-state index in [1.54, 1.807) is 6.07 Å². The number of thiophene rings is 1. The first-order valence-electron chi connectivity index (χ1n) is 3.82. The molecule has 1 atom stereocenters. The van der Waals surface area contributed by atoms with Crippen molar-refractivity contribution in [1.29, 1.82) is 0 Å². The molecule has 0 saturated heterocycles. The predicted octanol–water partition coefficient (Wildman–Crippen LogP) is 2.16. The molecule has 0 radical (unpaired) electrons. The SMILES string of the molecule is CCc1sc(C(N)C(=O)O)cc1Br. The van der Waals surface area contributed by atoms with Crippen LogP contribution in [0.15, 0.2) is 10.5 Å². The summed E-state index contributed by atoms with van der Waals surface area (Å²) in [5, 5.41) is 8.67. The number of aliphatic carboxylic acids is 1. The van der Waals surface area contributed by atoms with Crippen LogP contribution in [0.2, 0.25) is 0 Å². The summed E-state index contributed by atoms with van der Waals surface area (Å²) in [4.78, 5) is 12.4. The molecule has 0 aliphatic rings. The molecule has 0 saturated carbocycles. The van der Waals surface area contributed by atoms with Crippen molar-refractivity contribution < 1.29 is 9.90 Å². The zero-order chi connectivity index (χ0) is 10.0. The first-order chi connectivity index (χ1) is 6.06. The Morgan fingerprint density at radius 1 is 1.85 bits per heavy atom. The van der Waals surface area contributed by atoms with Crippen LogP contribution in [0.5, 0.6) is 0 Å². The minimum Gasteiger partial charge on any atom is -0.480 e. The predicted molar refractivity (Wildman–Crippen MR) is 56.0 cm³/mol. The highest BCUT2D eigenvalue weighted by molar-refractivity contribution is 9.10. The van der Waals surface area contributed by atoms with Crippen LogP contribution >= 0.6 is 27.3 Å². The van der Waals surface area contributed by atoms with Gasteiger partial charge in [0.1, 0.15) is 6.04 Å². The van der Waals surface area contributed by atoms with E-state index in [9.17, 15) is 4.79 Å². The molecule has 0 aromatic carbocycles. The molecule has 3 N–H and O–H groups in total. The lowest BCUT2D eigenvalue weighted by molar-refractivity contribution is -0.138. The number of carboxylic acids is 1. The minimum absolute atomic E-state index is 0.691. The van der Waals surface area contributed by atoms with Crippen LogP contribution in [0.3, 0.4) is 0 Å². The second kappa shape index (κ2) is 4.21. The fourth-order valence-electron chi connectivity index (χ4n) is 0.942. The van der Waals surface area contributed by atoms with Crippen molar-refractivity contribution in [2.75, 3.05) is 0 Å². The molecule has 1 unspecified atom stereocenters. The zero-order valence-electron chi connectivity index (χ0n) is 7.08. The van der Waals surface area contributed by atoms with E-state index in [1.807, 2.05) is 6.92 Å². The number of nitrogens with two attached hydrogens (primary N) is 1. The monoisotopic (exact) mass is 263 g/mol. The Balaban J connectivity index is 2.96. The number of hydrogen-bond donors (Lipinski definition) is 2. The zero-order valence-corrected chi connectivity index (χ0v) is 9.48. The Morgan fingerprint density at radius 2 is 2.46 bits per heavy atom. The lowest BCUT2D eigenvalue weighted by Crippen LogP contribution is -2.19. The van der Waals surface area contributed by atoms with Gasteiger partial charge in [-0.25, -0.2) is 0 Å². The number of rotatable bonds is 3. The number of carbonyl (C=O) groups is 1. The highest BCUT2D eigenvalue weighted by atomic mass is 79.9. The molecular weight excluding hydrogens is 254 g/mol. The van der Waals surface area contributed by atoms with E-state index in [-0.39, 0.29) is 0 Å². The molecule has 72 valence electrons. The maximum atomic E-state index is 10.6. The fourth-order valence-corrected chi connectivity index (χ4v) is 2.85. The Kier molecular flexibility index (Phi) is 3.47. The molecule has 3 nitrogen and oxygen atoms in total. The van der Waals surface area contributed by atoms with Crippen molar-refractivity contribution in [2.45, 2.75) is 19.4 Å². The maximum absolute atomic E-state index is 10.6. The van der Waals surface area contributed by atoms with Crippen LogP contribution in [0.1, 0.15) is 22.7 Å². The Labute approximate surface area is 88.7 Å². The highest BCUT2D eigenvalue weighted by Gasteiger charge is 2.17. The van der Waals surface area contributed by atoms with Crippen molar-refractivity contribution in [3.63, 3.8) is 0 Å². The molecule has 0 aliphatic heterocycles. The lowest BCUT2D eigenvalue weighted by atomic mass is 10.2. The van der Waals surface area contributed by atoms with Crippen molar-refractivity contribution in [3.05, 3.63) is 20.3 Å². The second-order valence-corrected chi connectivity index (χ2v) is 4.61. The summed E-state index contributed by atoms with van der Waals surface area (Å²) >= 11 is 4.80. The molecule has 0 aliphatic carbocycles. The van der Waals surface area contributed by atoms with E-state index in [2.05, 4.69) is 15.9 Å². The third-order valence-corrected chi connectivity index (χ3v) is 4.00. The maximum Gasteiger partial charge on any atom is 0.325 e. The molecule has 0 fully saturated rings. The molecule has 1 aromatic rings. The molecule has 0 bridgehead atoms. The number of aryl methyl sites for hydroxylation is 1. The van der Waals surface area contributed by atoms with E-state index >= 15 is 0 Å². The Hall–Kier alpha value is -0.390. The molecule has 0 spiro atoms. The Bertz CT molecular complexity index is 324. The molecule has 1 aromatic heterocycles. The van der Waals surface area contributed by atoms with Crippen molar-refractivity contribution in [3.8, 4) is 0 Å². The van der Waals surface area contributed by atoms with Crippen LogP contribution in [-0.4, -0.2) is 11.1 Å². The molecule has 1 heterocycles. The number of hydrogen-bond acceptors (Lipinski definition) is 3. The van der Waals surface area contributed by atoms with Crippen molar-refractivity contribution in [1.82, 2.24) is 0 Å². The van der Waals surface area contributed by atoms with Crippen LogP contribution in [0.4, 0.5) is 0 Å². The topological polar surface area (TPSA) is 63.3 Å². The first-order valence-corrected chi connectivity index (χ1v) is 5.43. The lowest BCUT2D eigenvalue weighted by Gasteiger charge is -2.00. The van der Waals surface area contributed by atoms with Crippen LogP contribution in [0, 0.1) is 0 Å². The van der Waals surface area contributed by atoms with E-state index in [0.29, 0.717) is 4.88 Å². The number of carboxylic acid groups (broad SMARTS) is 1. The van der Waals surface area contributed by atoms with Gasteiger partial charge in [0.05, 0.1) is 0 Å². The summed E-state index contributed by atoms with van der Waals surface area (Å²) in [6.07, 6.45) is 0.886. The van der Waals surface area contributed by atoms with Gasteiger partial charge < -0.3 is 10.8 Å². The van der Waals surface area contributed by atoms with Gasteiger partial charge in [0, 0.05) is 14.2 Å². The van der Waals surface area contributed by atoms with Crippen LogP contribution in [-0.2, 0) is 11.2 Å².